The van der Waals surface area contributed by atoms with Gasteiger partial charge in [0, 0.05) is 44.1 Å². The van der Waals surface area contributed by atoms with Gasteiger partial charge >= 0.3 is 0 Å². The molecular formula is C18H21N5O2. The van der Waals surface area contributed by atoms with Crippen molar-refractivity contribution >= 4 is 23.5 Å². The van der Waals surface area contributed by atoms with Crippen molar-refractivity contribution in [3.63, 3.8) is 0 Å². The Bertz CT molecular complexity index is 733. The van der Waals surface area contributed by atoms with Gasteiger partial charge in [-0.3, -0.25) is 9.59 Å². The van der Waals surface area contributed by atoms with Crippen LogP contribution in [-0.4, -0.2) is 41.4 Å². The minimum absolute atomic E-state index is 0.0141. The highest BCUT2D eigenvalue weighted by atomic mass is 16.2. The van der Waals surface area contributed by atoms with Gasteiger partial charge in [0.1, 0.15) is 0 Å². The molecule has 3 rings (SSSR count). The van der Waals surface area contributed by atoms with E-state index >= 15 is 0 Å². The Morgan fingerprint density at radius 2 is 1.92 bits per heavy atom. The van der Waals surface area contributed by atoms with E-state index in [9.17, 15) is 9.59 Å². The first kappa shape index (κ1) is 16.9. The first-order valence-corrected chi connectivity index (χ1v) is 8.29. The fourth-order valence-electron chi connectivity index (χ4n) is 2.75. The van der Waals surface area contributed by atoms with E-state index in [-0.39, 0.29) is 24.2 Å². The van der Waals surface area contributed by atoms with Gasteiger partial charge < -0.3 is 15.5 Å². The second-order valence-electron chi connectivity index (χ2n) is 6.03. The number of aromatic nitrogens is 2. The molecule has 2 amide bonds. The van der Waals surface area contributed by atoms with Crippen molar-refractivity contribution in [2.45, 2.75) is 13.3 Å². The Kier molecular flexibility index (Phi) is 5.23. The van der Waals surface area contributed by atoms with Gasteiger partial charge in [-0.15, -0.1) is 0 Å². The molecule has 1 saturated heterocycles. The highest BCUT2D eigenvalue weighted by Crippen LogP contribution is 2.25. The molecule has 1 aromatic heterocycles. The molecule has 1 fully saturated rings. The standard InChI is InChI=1S/C18H21N5O2/c1-13-3-5-15(6-4-13)23-12-14(11-16(23)24)17(25)19-9-10-22-18-20-7-2-8-21-18/h2-8,14H,9-12H2,1H3,(H,19,25)(H,20,21,22). The Balaban J connectivity index is 1.46. The van der Waals surface area contributed by atoms with Crippen LogP contribution in [-0.2, 0) is 9.59 Å². The molecule has 25 heavy (non-hydrogen) atoms. The number of carbonyl (C=O) groups excluding carboxylic acids is 2. The van der Waals surface area contributed by atoms with Crippen LogP contribution in [0, 0.1) is 12.8 Å². The van der Waals surface area contributed by atoms with E-state index in [2.05, 4.69) is 20.6 Å². The summed E-state index contributed by atoms with van der Waals surface area (Å²) >= 11 is 0. The summed E-state index contributed by atoms with van der Waals surface area (Å²) in [6.07, 6.45) is 3.55. The van der Waals surface area contributed by atoms with E-state index in [1.807, 2.05) is 31.2 Å². The lowest BCUT2D eigenvalue weighted by molar-refractivity contribution is -0.126. The van der Waals surface area contributed by atoms with Crippen molar-refractivity contribution < 1.29 is 9.59 Å². The fourth-order valence-corrected chi connectivity index (χ4v) is 2.75. The van der Waals surface area contributed by atoms with Gasteiger partial charge in [0.2, 0.25) is 17.8 Å². The molecule has 130 valence electrons. The van der Waals surface area contributed by atoms with Crippen LogP contribution in [0.4, 0.5) is 11.6 Å². The number of anilines is 2. The summed E-state index contributed by atoms with van der Waals surface area (Å²) in [5.74, 6) is 0.0960. The maximum atomic E-state index is 12.3. The number of nitrogens with one attached hydrogen (secondary N) is 2. The third-order valence-electron chi connectivity index (χ3n) is 4.11. The summed E-state index contributed by atoms with van der Waals surface area (Å²) in [5.41, 5.74) is 1.98. The average molecular weight is 339 g/mol. The topological polar surface area (TPSA) is 87.2 Å². The van der Waals surface area contributed by atoms with Crippen LogP contribution in [0.5, 0.6) is 0 Å². The molecule has 7 heteroatoms. The molecule has 1 aliphatic rings. The van der Waals surface area contributed by atoms with Crippen molar-refractivity contribution in [1.29, 1.82) is 0 Å². The fraction of sp³-hybridized carbons (Fsp3) is 0.333. The molecule has 1 atom stereocenters. The largest absolute Gasteiger partial charge is 0.354 e. The van der Waals surface area contributed by atoms with Gasteiger partial charge in [0.25, 0.3) is 0 Å². The molecular weight excluding hydrogens is 318 g/mol. The number of rotatable bonds is 6. The van der Waals surface area contributed by atoms with E-state index in [1.165, 1.54) is 0 Å². The number of hydrogen-bond acceptors (Lipinski definition) is 5. The SMILES string of the molecule is Cc1ccc(N2CC(C(=O)NCCNc3ncccn3)CC2=O)cc1. The molecule has 1 aromatic carbocycles. The Labute approximate surface area is 146 Å². The maximum absolute atomic E-state index is 12.3. The molecule has 2 N–H and O–H groups in total. The lowest BCUT2D eigenvalue weighted by atomic mass is 10.1. The van der Waals surface area contributed by atoms with Crippen LogP contribution in [0.3, 0.4) is 0 Å². The Hall–Kier alpha value is -2.96. The van der Waals surface area contributed by atoms with E-state index < -0.39 is 0 Å². The van der Waals surface area contributed by atoms with Crippen LogP contribution >= 0.6 is 0 Å². The van der Waals surface area contributed by atoms with Crippen molar-refractivity contribution in [3.8, 4) is 0 Å². The van der Waals surface area contributed by atoms with Crippen LogP contribution in [0.2, 0.25) is 0 Å². The number of nitrogens with zero attached hydrogens (tertiary/aromatic N) is 3. The molecule has 0 bridgehead atoms. The summed E-state index contributed by atoms with van der Waals surface area (Å²) in [5, 5.41) is 5.89. The van der Waals surface area contributed by atoms with Crippen LogP contribution in [0.25, 0.3) is 0 Å². The predicted molar refractivity (Wildman–Crippen MR) is 95.2 cm³/mol. The third kappa shape index (κ3) is 4.32. The van der Waals surface area contributed by atoms with Crippen molar-refractivity contribution in [2.24, 2.45) is 5.92 Å². The second-order valence-corrected chi connectivity index (χ2v) is 6.03. The van der Waals surface area contributed by atoms with Gasteiger partial charge in [-0.05, 0) is 25.1 Å². The average Bonchev–Trinajstić information content (AvgIpc) is 3.02. The molecule has 0 spiro atoms. The molecule has 7 nitrogen and oxygen atoms in total. The normalized spacial score (nSPS) is 16.8. The number of benzene rings is 1. The smallest absolute Gasteiger partial charge is 0.227 e. The number of carbonyl (C=O) groups is 2. The number of aryl methyl sites for hydroxylation is 1. The second kappa shape index (κ2) is 7.74. The van der Waals surface area contributed by atoms with Crippen LogP contribution < -0.4 is 15.5 Å². The van der Waals surface area contributed by atoms with Gasteiger partial charge in [-0.1, -0.05) is 17.7 Å². The van der Waals surface area contributed by atoms with Crippen molar-refractivity contribution in [2.75, 3.05) is 29.9 Å². The first-order valence-electron chi connectivity index (χ1n) is 8.29. The Morgan fingerprint density at radius 3 is 2.64 bits per heavy atom. The first-order chi connectivity index (χ1) is 12.1. The summed E-state index contributed by atoms with van der Waals surface area (Å²) in [4.78, 5) is 34.3. The van der Waals surface area contributed by atoms with Gasteiger partial charge in [0.05, 0.1) is 5.92 Å². The van der Waals surface area contributed by atoms with Gasteiger partial charge in [-0.2, -0.15) is 0 Å². The van der Waals surface area contributed by atoms with Crippen LogP contribution in [0.1, 0.15) is 12.0 Å². The Morgan fingerprint density at radius 1 is 1.20 bits per heavy atom. The quantitative estimate of drug-likeness (QED) is 0.776. The highest BCUT2D eigenvalue weighted by molar-refractivity contribution is 6.00. The van der Waals surface area contributed by atoms with E-state index in [0.717, 1.165) is 11.3 Å². The zero-order valence-corrected chi connectivity index (χ0v) is 14.1. The van der Waals surface area contributed by atoms with Gasteiger partial charge in [0.15, 0.2) is 0 Å². The van der Waals surface area contributed by atoms with Crippen LogP contribution in [0.15, 0.2) is 42.7 Å². The minimum atomic E-state index is -0.318. The molecule has 0 aliphatic carbocycles. The highest BCUT2D eigenvalue weighted by Gasteiger charge is 2.34. The zero-order valence-electron chi connectivity index (χ0n) is 14.1. The summed E-state index contributed by atoms with van der Waals surface area (Å²) < 4.78 is 0. The van der Waals surface area contributed by atoms with E-state index in [1.54, 1.807) is 23.4 Å². The van der Waals surface area contributed by atoms with E-state index in [4.69, 9.17) is 0 Å². The lowest BCUT2D eigenvalue weighted by Gasteiger charge is -2.17. The minimum Gasteiger partial charge on any atom is -0.354 e. The molecule has 2 heterocycles. The zero-order chi connectivity index (χ0) is 17.6. The summed E-state index contributed by atoms with van der Waals surface area (Å²) in [6.45, 7) is 3.40. The lowest BCUT2D eigenvalue weighted by Crippen LogP contribution is -2.35. The van der Waals surface area contributed by atoms with Crippen molar-refractivity contribution in [1.82, 2.24) is 15.3 Å². The summed E-state index contributed by atoms with van der Waals surface area (Å²) in [6, 6.07) is 9.50. The van der Waals surface area contributed by atoms with Crippen molar-refractivity contribution in [3.05, 3.63) is 48.3 Å². The predicted octanol–water partition coefficient (Wildman–Crippen LogP) is 1.37. The monoisotopic (exact) mass is 339 g/mol. The maximum Gasteiger partial charge on any atom is 0.227 e. The van der Waals surface area contributed by atoms with E-state index in [0.29, 0.717) is 25.6 Å². The summed E-state index contributed by atoms with van der Waals surface area (Å²) in [7, 11) is 0. The third-order valence-corrected chi connectivity index (χ3v) is 4.11. The molecule has 1 aliphatic heterocycles. The number of amides is 2. The number of hydrogen-bond donors (Lipinski definition) is 2. The molecule has 0 saturated carbocycles. The molecule has 1 unspecified atom stereocenters. The van der Waals surface area contributed by atoms with Gasteiger partial charge in [-0.25, -0.2) is 9.97 Å². The molecule has 0 radical (unpaired) electrons. The molecule has 2 aromatic rings.